The van der Waals surface area contributed by atoms with Crippen molar-refractivity contribution >= 4 is 8.07 Å². The third-order valence-corrected chi connectivity index (χ3v) is 3.34. The Balaban J connectivity index is 3.50. The van der Waals surface area contributed by atoms with Gasteiger partial charge in [-0.3, -0.25) is 0 Å². The van der Waals surface area contributed by atoms with E-state index in [9.17, 15) is 5.11 Å². The van der Waals surface area contributed by atoms with Gasteiger partial charge in [-0.2, -0.15) is 0 Å². The molecule has 16 heavy (non-hydrogen) atoms. The summed E-state index contributed by atoms with van der Waals surface area (Å²) in [6.07, 6.45) is 8.11. The minimum atomic E-state index is -1.31. The Hall–Kier alpha value is -0.263. The maximum absolute atomic E-state index is 9.66. The van der Waals surface area contributed by atoms with Crippen molar-refractivity contribution in [1.82, 2.24) is 0 Å². The van der Waals surface area contributed by atoms with Crippen LogP contribution >= 0.6 is 0 Å². The van der Waals surface area contributed by atoms with E-state index in [1.54, 1.807) is 0 Å². The smallest absolute Gasteiger partial charge is 0.129 e. The average Bonchev–Trinajstić information content (AvgIpc) is 2.19. The van der Waals surface area contributed by atoms with E-state index < -0.39 is 14.2 Å². The maximum Gasteiger partial charge on any atom is 0.129 e. The Morgan fingerprint density at radius 2 is 1.56 bits per heavy atom. The highest BCUT2D eigenvalue weighted by Gasteiger charge is 2.08. The molecule has 94 valence electrons. The topological polar surface area (TPSA) is 20.2 Å². The van der Waals surface area contributed by atoms with Gasteiger partial charge in [0.2, 0.25) is 0 Å². The first-order valence-electron chi connectivity index (χ1n) is 6.66. The van der Waals surface area contributed by atoms with Crippen molar-refractivity contribution in [2.75, 3.05) is 0 Å². The molecule has 1 atom stereocenters. The van der Waals surface area contributed by atoms with E-state index in [0.29, 0.717) is 0 Å². The zero-order valence-electron chi connectivity index (χ0n) is 11.5. The zero-order valence-corrected chi connectivity index (χ0v) is 12.5. The molecule has 0 aromatic rings. The highest BCUT2D eigenvalue weighted by Crippen LogP contribution is 2.08. The molecule has 0 amide bonds. The van der Waals surface area contributed by atoms with E-state index in [0.717, 1.165) is 12.8 Å². The summed E-state index contributed by atoms with van der Waals surface area (Å²) in [7, 11) is -1.31. The summed E-state index contributed by atoms with van der Waals surface area (Å²) in [5, 5.41) is 9.66. The molecule has 0 heterocycles. The van der Waals surface area contributed by atoms with Crippen LogP contribution < -0.4 is 0 Å². The zero-order chi connectivity index (χ0) is 12.4. The molecule has 0 aliphatic carbocycles. The van der Waals surface area contributed by atoms with Gasteiger partial charge in [0, 0.05) is 0 Å². The van der Waals surface area contributed by atoms with Crippen LogP contribution in [0.2, 0.25) is 19.6 Å². The fourth-order valence-electron chi connectivity index (χ4n) is 1.49. The number of unbranched alkanes of at least 4 members (excludes halogenated alkanes) is 5. The van der Waals surface area contributed by atoms with Crippen LogP contribution in [0.3, 0.4) is 0 Å². The van der Waals surface area contributed by atoms with Gasteiger partial charge in [0.15, 0.2) is 0 Å². The van der Waals surface area contributed by atoms with Gasteiger partial charge in [-0.1, -0.05) is 64.6 Å². The van der Waals surface area contributed by atoms with Crippen LogP contribution in [0.25, 0.3) is 0 Å². The molecule has 1 nitrogen and oxygen atoms in total. The van der Waals surface area contributed by atoms with Crippen molar-refractivity contribution in [3.05, 3.63) is 0 Å². The Bertz CT molecular complexity index is 219. The molecule has 0 spiro atoms. The van der Waals surface area contributed by atoms with Crippen LogP contribution in [0.4, 0.5) is 0 Å². The Kier molecular flexibility index (Phi) is 8.69. The molecule has 0 rings (SSSR count). The van der Waals surface area contributed by atoms with Crippen molar-refractivity contribution in [2.45, 2.75) is 77.6 Å². The molecule has 0 saturated carbocycles. The lowest BCUT2D eigenvalue weighted by atomic mass is 10.1. The second kappa shape index (κ2) is 8.84. The Morgan fingerprint density at radius 3 is 2.12 bits per heavy atom. The van der Waals surface area contributed by atoms with Crippen LogP contribution in [0.15, 0.2) is 0 Å². The van der Waals surface area contributed by atoms with Crippen molar-refractivity contribution < 1.29 is 5.11 Å². The molecule has 0 fully saturated rings. The van der Waals surface area contributed by atoms with Crippen LogP contribution in [0.1, 0.15) is 51.9 Å². The number of hydrogen-bond donors (Lipinski definition) is 1. The summed E-state index contributed by atoms with van der Waals surface area (Å²) in [6.45, 7) is 8.85. The molecule has 0 saturated heterocycles. The second-order valence-electron chi connectivity index (χ2n) is 5.59. The van der Waals surface area contributed by atoms with E-state index in [1.807, 2.05) is 0 Å². The number of aliphatic hydroxyl groups excluding tert-OH is 1. The van der Waals surface area contributed by atoms with E-state index in [2.05, 4.69) is 38.0 Å². The Morgan fingerprint density at radius 1 is 1.00 bits per heavy atom. The normalized spacial score (nSPS) is 13.1. The predicted molar refractivity (Wildman–Crippen MR) is 75.1 cm³/mol. The fourth-order valence-corrected chi connectivity index (χ4v) is 2.09. The first kappa shape index (κ1) is 15.7. The summed E-state index contributed by atoms with van der Waals surface area (Å²) in [5.74, 6) is 2.99. The third kappa shape index (κ3) is 11.8. The van der Waals surface area contributed by atoms with Gasteiger partial charge in [0.25, 0.3) is 0 Å². The molecular weight excluding hydrogens is 212 g/mol. The van der Waals surface area contributed by atoms with Gasteiger partial charge >= 0.3 is 0 Å². The van der Waals surface area contributed by atoms with E-state index in [4.69, 9.17) is 0 Å². The molecule has 0 aliphatic heterocycles. The third-order valence-electron chi connectivity index (χ3n) is 2.44. The summed E-state index contributed by atoms with van der Waals surface area (Å²) >= 11 is 0. The first-order chi connectivity index (χ1) is 7.45. The van der Waals surface area contributed by atoms with Crippen molar-refractivity contribution in [3.8, 4) is 11.5 Å². The highest BCUT2D eigenvalue weighted by atomic mass is 28.3. The molecule has 0 radical (unpaired) electrons. The first-order valence-corrected chi connectivity index (χ1v) is 10.2. The van der Waals surface area contributed by atoms with E-state index >= 15 is 0 Å². The average molecular weight is 240 g/mol. The predicted octanol–water partition coefficient (Wildman–Crippen LogP) is 3.98. The van der Waals surface area contributed by atoms with Crippen molar-refractivity contribution in [1.29, 1.82) is 0 Å². The van der Waals surface area contributed by atoms with E-state index in [-0.39, 0.29) is 0 Å². The van der Waals surface area contributed by atoms with Gasteiger partial charge < -0.3 is 5.11 Å². The highest BCUT2D eigenvalue weighted by molar-refractivity contribution is 6.83. The van der Waals surface area contributed by atoms with Gasteiger partial charge in [0.05, 0.1) is 0 Å². The largest absolute Gasteiger partial charge is 0.380 e. The lowest BCUT2D eigenvalue weighted by Crippen LogP contribution is -2.17. The maximum atomic E-state index is 9.66. The van der Waals surface area contributed by atoms with Crippen LogP contribution in [0.5, 0.6) is 0 Å². The molecule has 0 aromatic heterocycles. The monoisotopic (exact) mass is 240 g/mol. The summed E-state index contributed by atoms with van der Waals surface area (Å²) < 4.78 is 0. The SMILES string of the molecule is CCCCCCCCC(O)C#C[Si](C)(C)C. The molecular formula is C14H28OSi. The number of aliphatic hydroxyl groups is 1. The molecule has 0 aliphatic rings. The van der Waals surface area contributed by atoms with Gasteiger partial charge in [-0.25, -0.2) is 0 Å². The van der Waals surface area contributed by atoms with Gasteiger partial charge in [-0.05, 0) is 12.8 Å². The number of rotatable bonds is 7. The van der Waals surface area contributed by atoms with Gasteiger partial charge in [0.1, 0.15) is 14.2 Å². The lowest BCUT2D eigenvalue weighted by Gasteiger charge is -2.06. The minimum Gasteiger partial charge on any atom is -0.380 e. The molecule has 0 aromatic carbocycles. The fraction of sp³-hybridized carbons (Fsp3) is 0.857. The van der Waals surface area contributed by atoms with Gasteiger partial charge in [-0.15, -0.1) is 5.54 Å². The quantitative estimate of drug-likeness (QED) is 0.405. The second-order valence-corrected chi connectivity index (χ2v) is 10.3. The lowest BCUT2D eigenvalue weighted by molar-refractivity contribution is 0.217. The van der Waals surface area contributed by atoms with Crippen molar-refractivity contribution in [3.63, 3.8) is 0 Å². The Labute approximate surface area is 103 Å². The molecule has 1 unspecified atom stereocenters. The molecule has 0 bridgehead atoms. The number of hydrogen-bond acceptors (Lipinski definition) is 1. The summed E-state index contributed by atoms with van der Waals surface area (Å²) in [5.41, 5.74) is 3.22. The van der Waals surface area contributed by atoms with E-state index in [1.165, 1.54) is 32.1 Å². The molecule has 2 heteroatoms. The van der Waals surface area contributed by atoms with Crippen LogP contribution in [0, 0.1) is 11.5 Å². The summed E-state index contributed by atoms with van der Waals surface area (Å²) in [6, 6.07) is 0. The minimum absolute atomic E-state index is 0.391. The summed E-state index contributed by atoms with van der Waals surface area (Å²) in [4.78, 5) is 0. The standard InChI is InChI=1S/C14H28OSi/c1-5-6-7-8-9-10-11-14(15)12-13-16(2,3)4/h14-15H,5-11H2,1-4H3. The van der Waals surface area contributed by atoms with Crippen molar-refractivity contribution in [2.24, 2.45) is 0 Å². The molecule has 1 N–H and O–H groups in total. The van der Waals surface area contributed by atoms with Crippen LogP contribution in [-0.4, -0.2) is 19.3 Å². The van der Waals surface area contributed by atoms with Crippen LogP contribution in [-0.2, 0) is 0 Å².